The number of hydrogen-bond acceptors (Lipinski definition) is 5. The van der Waals surface area contributed by atoms with E-state index in [0.29, 0.717) is 6.54 Å². The van der Waals surface area contributed by atoms with Gasteiger partial charge in [0.2, 0.25) is 0 Å². The Morgan fingerprint density at radius 1 is 1.16 bits per heavy atom. The minimum absolute atomic E-state index is 0.227. The topological polar surface area (TPSA) is 53.4 Å². The summed E-state index contributed by atoms with van der Waals surface area (Å²) >= 11 is 0. The average molecular weight is 335 g/mol. The minimum atomic E-state index is -0.227. The Morgan fingerprint density at radius 3 is 2.76 bits per heavy atom. The van der Waals surface area contributed by atoms with Gasteiger partial charge in [-0.15, -0.1) is 0 Å². The first-order valence-electron chi connectivity index (χ1n) is 8.17. The van der Waals surface area contributed by atoms with Crippen LogP contribution in [0.25, 0.3) is 11.0 Å². The molecule has 0 spiro atoms. The molecule has 0 saturated carbocycles. The van der Waals surface area contributed by atoms with Crippen LogP contribution in [0.5, 0.6) is 0 Å². The van der Waals surface area contributed by atoms with Crippen molar-refractivity contribution in [3.63, 3.8) is 0 Å². The van der Waals surface area contributed by atoms with Crippen LogP contribution in [0.3, 0.4) is 0 Å². The lowest BCUT2D eigenvalue weighted by Crippen LogP contribution is -2.18. The molecule has 0 bridgehead atoms. The SMILES string of the molecule is CN(Cc1ccc(F)cc1)c1cnc2cc(C3C=NNC3)ccc2n1. The van der Waals surface area contributed by atoms with Gasteiger partial charge in [0.25, 0.3) is 0 Å². The molecule has 3 aromatic rings. The highest BCUT2D eigenvalue weighted by Crippen LogP contribution is 2.22. The summed E-state index contributed by atoms with van der Waals surface area (Å²) in [4.78, 5) is 11.3. The molecule has 4 rings (SSSR count). The van der Waals surface area contributed by atoms with Gasteiger partial charge in [-0.2, -0.15) is 5.10 Å². The monoisotopic (exact) mass is 335 g/mol. The fourth-order valence-electron chi connectivity index (χ4n) is 2.93. The van der Waals surface area contributed by atoms with Crippen LogP contribution in [0.4, 0.5) is 10.2 Å². The van der Waals surface area contributed by atoms with Crippen molar-refractivity contribution in [1.29, 1.82) is 0 Å². The number of benzene rings is 2. The van der Waals surface area contributed by atoms with Crippen LogP contribution in [0.2, 0.25) is 0 Å². The van der Waals surface area contributed by atoms with Crippen molar-refractivity contribution in [2.45, 2.75) is 12.5 Å². The van der Waals surface area contributed by atoms with Gasteiger partial charge in [-0.05, 0) is 35.4 Å². The third-order valence-corrected chi connectivity index (χ3v) is 4.36. The number of anilines is 1. The molecule has 1 aliphatic rings. The lowest BCUT2D eigenvalue weighted by Gasteiger charge is -2.18. The van der Waals surface area contributed by atoms with Crippen molar-refractivity contribution in [2.24, 2.45) is 5.10 Å². The maximum absolute atomic E-state index is 13.0. The number of nitrogens with one attached hydrogen (secondary N) is 1. The van der Waals surface area contributed by atoms with E-state index in [4.69, 9.17) is 4.98 Å². The van der Waals surface area contributed by atoms with Gasteiger partial charge in [-0.1, -0.05) is 18.2 Å². The molecule has 1 N–H and O–H groups in total. The summed E-state index contributed by atoms with van der Waals surface area (Å²) in [5.74, 6) is 0.843. The van der Waals surface area contributed by atoms with E-state index < -0.39 is 0 Å². The molecule has 25 heavy (non-hydrogen) atoms. The van der Waals surface area contributed by atoms with E-state index in [0.717, 1.165) is 29.0 Å². The number of rotatable bonds is 4. The van der Waals surface area contributed by atoms with Crippen LogP contribution in [0, 0.1) is 5.82 Å². The van der Waals surface area contributed by atoms with Crippen molar-refractivity contribution in [3.8, 4) is 0 Å². The van der Waals surface area contributed by atoms with Gasteiger partial charge in [-0.3, -0.25) is 4.98 Å². The zero-order valence-electron chi connectivity index (χ0n) is 13.9. The molecule has 0 aliphatic carbocycles. The van der Waals surface area contributed by atoms with Crippen LogP contribution in [0.15, 0.2) is 53.8 Å². The third kappa shape index (κ3) is 3.28. The van der Waals surface area contributed by atoms with E-state index in [1.165, 1.54) is 17.7 Å². The van der Waals surface area contributed by atoms with E-state index in [-0.39, 0.29) is 11.7 Å². The maximum atomic E-state index is 13.0. The molecule has 1 atom stereocenters. The second kappa shape index (κ2) is 6.47. The molecule has 0 saturated heterocycles. The van der Waals surface area contributed by atoms with Crippen LogP contribution >= 0.6 is 0 Å². The highest BCUT2D eigenvalue weighted by atomic mass is 19.1. The second-order valence-corrected chi connectivity index (χ2v) is 6.21. The predicted molar refractivity (Wildman–Crippen MR) is 97.3 cm³/mol. The molecule has 1 aliphatic heterocycles. The number of fused-ring (bicyclic) bond motifs is 1. The fraction of sp³-hybridized carbons (Fsp3) is 0.211. The quantitative estimate of drug-likeness (QED) is 0.796. The van der Waals surface area contributed by atoms with Crippen LogP contribution in [-0.2, 0) is 6.54 Å². The molecule has 2 heterocycles. The molecule has 0 radical (unpaired) electrons. The van der Waals surface area contributed by atoms with Gasteiger partial charge >= 0.3 is 0 Å². The molecule has 5 nitrogen and oxygen atoms in total. The van der Waals surface area contributed by atoms with Gasteiger partial charge in [0, 0.05) is 32.3 Å². The molecular formula is C19H18FN5. The minimum Gasteiger partial charge on any atom is -0.354 e. The normalized spacial score (nSPS) is 16.2. The standard InChI is InChI=1S/C19H18FN5/c1-25(12-13-2-5-16(20)6-3-13)19-11-21-18-8-14(4-7-17(18)24-19)15-9-22-23-10-15/h2-9,11,15,23H,10,12H2,1H3. The number of hydrogen-bond donors (Lipinski definition) is 1. The summed E-state index contributed by atoms with van der Waals surface area (Å²) in [6.45, 7) is 1.46. The molecule has 0 amide bonds. The zero-order valence-corrected chi connectivity index (χ0v) is 13.9. The van der Waals surface area contributed by atoms with Crippen LogP contribution < -0.4 is 10.3 Å². The van der Waals surface area contributed by atoms with Gasteiger partial charge in [0.1, 0.15) is 11.6 Å². The summed E-state index contributed by atoms with van der Waals surface area (Å²) in [7, 11) is 1.95. The number of hydrazone groups is 1. The Bertz CT molecular complexity index is 923. The largest absolute Gasteiger partial charge is 0.354 e. The van der Waals surface area contributed by atoms with Crippen molar-refractivity contribution in [2.75, 3.05) is 18.5 Å². The highest BCUT2D eigenvalue weighted by Gasteiger charge is 2.14. The molecule has 1 aromatic heterocycles. The Labute approximate surface area is 145 Å². The Kier molecular flexibility index (Phi) is 4.01. The Hall–Kier alpha value is -3.02. The summed E-state index contributed by atoms with van der Waals surface area (Å²) in [6.07, 6.45) is 3.69. The Balaban J connectivity index is 1.56. The van der Waals surface area contributed by atoms with E-state index in [2.05, 4.69) is 27.6 Å². The average Bonchev–Trinajstić information content (AvgIpc) is 3.17. The number of nitrogens with zero attached hydrogens (tertiary/aromatic N) is 4. The first kappa shape index (κ1) is 15.5. The van der Waals surface area contributed by atoms with Crippen molar-refractivity contribution in [1.82, 2.24) is 15.4 Å². The summed E-state index contributed by atoms with van der Waals surface area (Å²) in [6, 6.07) is 12.6. The highest BCUT2D eigenvalue weighted by molar-refractivity contribution is 5.79. The molecule has 1 unspecified atom stereocenters. The number of aromatic nitrogens is 2. The molecule has 0 fully saturated rings. The van der Waals surface area contributed by atoms with Crippen molar-refractivity contribution < 1.29 is 4.39 Å². The maximum Gasteiger partial charge on any atom is 0.147 e. The molecule has 126 valence electrons. The smallest absolute Gasteiger partial charge is 0.147 e. The Morgan fingerprint density at radius 2 is 2.00 bits per heavy atom. The first-order chi connectivity index (χ1) is 12.2. The predicted octanol–water partition coefficient (Wildman–Crippen LogP) is 3.08. The van der Waals surface area contributed by atoms with Crippen molar-refractivity contribution >= 4 is 23.1 Å². The summed E-state index contributed by atoms with van der Waals surface area (Å²) in [5.41, 5.74) is 6.91. The lowest BCUT2D eigenvalue weighted by atomic mass is 10.0. The second-order valence-electron chi connectivity index (χ2n) is 6.21. The van der Waals surface area contributed by atoms with Gasteiger partial charge in [-0.25, -0.2) is 9.37 Å². The third-order valence-electron chi connectivity index (χ3n) is 4.36. The summed E-state index contributed by atoms with van der Waals surface area (Å²) in [5, 5.41) is 4.06. The number of halogens is 1. The van der Waals surface area contributed by atoms with Crippen molar-refractivity contribution in [3.05, 3.63) is 65.6 Å². The van der Waals surface area contributed by atoms with Crippen LogP contribution in [-0.4, -0.2) is 29.8 Å². The fourth-order valence-corrected chi connectivity index (χ4v) is 2.93. The van der Waals surface area contributed by atoms with Gasteiger partial charge < -0.3 is 10.3 Å². The van der Waals surface area contributed by atoms with E-state index in [9.17, 15) is 4.39 Å². The first-order valence-corrected chi connectivity index (χ1v) is 8.17. The molecular weight excluding hydrogens is 317 g/mol. The molecule has 6 heteroatoms. The van der Waals surface area contributed by atoms with Crippen LogP contribution in [0.1, 0.15) is 17.0 Å². The zero-order chi connectivity index (χ0) is 17.2. The van der Waals surface area contributed by atoms with E-state index >= 15 is 0 Å². The molecule has 2 aromatic carbocycles. The van der Waals surface area contributed by atoms with Gasteiger partial charge in [0.05, 0.1) is 17.2 Å². The van der Waals surface area contributed by atoms with E-state index in [1.54, 1.807) is 18.3 Å². The summed E-state index contributed by atoms with van der Waals surface area (Å²) < 4.78 is 13.0. The van der Waals surface area contributed by atoms with Gasteiger partial charge in [0.15, 0.2) is 0 Å². The lowest BCUT2D eigenvalue weighted by molar-refractivity contribution is 0.627. The van der Waals surface area contributed by atoms with E-state index in [1.807, 2.05) is 24.2 Å².